The summed E-state index contributed by atoms with van der Waals surface area (Å²) in [6.07, 6.45) is 3.89. The van der Waals surface area contributed by atoms with Gasteiger partial charge in [0.05, 0.1) is 19.1 Å². The molecule has 5 heteroatoms. The molecule has 0 unspecified atom stereocenters. The molecule has 0 aliphatic heterocycles. The van der Waals surface area contributed by atoms with Crippen molar-refractivity contribution < 1.29 is 4.74 Å². The van der Waals surface area contributed by atoms with Crippen LogP contribution in [0.5, 0.6) is 5.75 Å². The van der Waals surface area contributed by atoms with Crippen molar-refractivity contribution in [1.29, 1.82) is 0 Å². The molecule has 1 aromatic carbocycles. The van der Waals surface area contributed by atoms with Crippen molar-refractivity contribution in [1.82, 2.24) is 14.5 Å². The fourth-order valence-corrected chi connectivity index (χ4v) is 2.13. The van der Waals surface area contributed by atoms with Gasteiger partial charge in [-0.3, -0.25) is 4.90 Å². The maximum atomic E-state index is 5.53. The van der Waals surface area contributed by atoms with Crippen molar-refractivity contribution in [3.63, 3.8) is 0 Å². The van der Waals surface area contributed by atoms with Crippen LogP contribution in [0.1, 0.15) is 11.3 Å². The second kappa shape index (κ2) is 7.07. The molecule has 0 bridgehead atoms. The lowest BCUT2D eigenvalue weighted by atomic mass is 10.2. The summed E-state index contributed by atoms with van der Waals surface area (Å²) >= 11 is 0. The third-order valence-corrected chi connectivity index (χ3v) is 3.12. The van der Waals surface area contributed by atoms with Crippen LogP contribution >= 0.6 is 0 Å². The number of hydrogen-bond donors (Lipinski definition) is 1. The Kier molecular flexibility index (Phi) is 5.15. The van der Waals surface area contributed by atoms with E-state index >= 15 is 0 Å². The lowest BCUT2D eigenvalue weighted by Gasteiger charge is -2.15. The van der Waals surface area contributed by atoms with Gasteiger partial charge in [-0.25, -0.2) is 4.98 Å². The van der Waals surface area contributed by atoms with Gasteiger partial charge in [0.2, 0.25) is 0 Å². The average Bonchev–Trinajstić information content (AvgIpc) is 2.87. The van der Waals surface area contributed by atoms with Gasteiger partial charge >= 0.3 is 0 Å². The highest BCUT2D eigenvalue weighted by atomic mass is 16.5. The molecule has 0 aliphatic rings. The molecule has 2 N–H and O–H groups in total. The second-order valence-corrected chi connectivity index (χ2v) is 4.91. The zero-order chi connectivity index (χ0) is 14.4. The summed E-state index contributed by atoms with van der Waals surface area (Å²) in [5.74, 6) is 0.886. The van der Waals surface area contributed by atoms with Crippen molar-refractivity contribution in [3.8, 4) is 5.75 Å². The second-order valence-electron chi connectivity index (χ2n) is 4.91. The molecule has 2 aromatic rings. The largest absolute Gasteiger partial charge is 0.497 e. The molecule has 0 saturated carbocycles. The highest BCUT2D eigenvalue weighted by molar-refractivity contribution is 5.27. The van der Waals surface area contributed by atoms with E-state index in [4.69, 9.17) is 10.5 Å². The normalized spacial score (nSPS) is 11.0. The molecule has 2 rings (SSSR count). The van der Waals surface area contributed by atoms with Crippen LogP contribution in [-0.4, -0.2) is 35.2 Å². The first-order chi connectivity index (χ1) is 9.71. The van der Waals surface area contributed by atoms with Crippen molar-refractivity contribution in [2.75, 3.05) is 20.7 Å². The fraction of sp³-hybridized carbons (Fsp3) is 0.400. The molecular weight excluding hydrogens is 252 g/mol. The minimum absolute atomic E-state index is 0.636. The van der Waals surface area contributed by atoms with Gasteiger partial charge < -0.3 is 15.0 Å². The smallest absolute Gasteiger partial charge is 0.118 e. The third-order valence-electron chi connectivity index (χ3n) is 3.12. The number of benzene rings is 1. The number of methoxy groups -OCH3 is 1. The quantitative estimate of drug-likeness (QED) is 0.831. The standard InChI is InChI=1S/C15H22N4O/c1-18(9-13-3-5-15(20-2)6-4-13)10-14-11-19(8-7-16)12-17-14/h3-6,11-12H,7-10,16H2,1-2H3. The van der Waals surface area contributed by atoms with Crippen molar-refractivity contribution in [3.05, 3.63) is 48.0 Å². The van der Waals surface area contributed by atoms with Gasteiger partial charge in [0, 0.05) is 32.4 Å². The molecule has 108 valence electrons. The maximum absolute atomic E-state index is 5.53. The molecule has 20 heavy (non-hydrogen) atoms. The van der Waals surface area contributed by atoms with E-state index in [0.29, 0.717) is 6.54 Å². The van der Waals surface area contributed by atoms with Gasteiger partial charge in [0.15, 0.2) is 0 Å². The van der Waals surface area contributed by atoms with E-state index in [1.807, 2.05) is 23.0 Å². The van der Waals surface area contributed by atoms with Crippen LogP contribution in [0.15, 0.2) is 36.8 Å². The molecule has 0 aliphatic carbocycles. The van der Waals surface area contributed by atoms with Gasteiger partial charge in [0.1, 0.15) is 5.75 Å². The Bertz CT molecular complexity index is 521. The molecule has 0 amide bonds. The lowest BCUT2D eigenvalue weighted by molar-refractivity contribution is 0.315. The lowest BCUT2D eigenvalue weighted by Crippen LogP contribution is -2.17. The molecule has 0 fully saturated rings. The Balaban J connectivity index is 1.88. The average molecular weight is 274 g/mol. The summed E-state index contributed by atoms with van der Waals surface area (Å²) in [4.78, 5) is 6.62. The van der Waals surface area contributed by atoms with E-state index in [-0.39, 0.29) is 0 Å². The summed E-state index contributed by atoms with van der Waals surface area (Å²) in [6, 6.07) is 8.14. The van der Waals surface area contributed by atoms with Crippen LogP contribution in [0, 0.1) is 0 Å². The number of ether oxygens (including phenoxy) is 1. The molecule has 0 spiro atoms. The van der Waals surface area contributed by atoms with Gasteiger partial charge in [-0.15, -0.1) is 0 Å². The number of nitrogens with zero attached hydrogens (tertiary/aromatic N) is 3. The number of rotatable bonds is 7. The van der Waals surface area contributed by atoms with Crippen molar-refractivity contribution in [2.24, 2.45) is 5.73 Å². The van der Waals surface area contributed by atoms with Crippen LogP contribution < -0.4 is 10.5 Å². The Hall–Kier alpha value is -1.85. The molecule has 5 nitrogen and oxygen atoms in total. The van der Waals surface area contributed by atoms with Crippen LogP contribution in [-0.2, 0) is 19.6 Å². The monoisotopic (exact) mass is 274 g/mol. The summed E-state index contributed by atoms with van der Waals surface area (Å²) in [5, 5.41) is 0. The third kappa shape index (κ3) is 4.08. The highest BCUT2D eigenvalue weighted by Gasteiger charge is 2.05. The van der Waals surface area contributed by atoms with Crippen LogP contribution in [0.4, 0.5) is 0 Å². The van der Waals surface area contributed by atoms with E-state index in [1.54, 1.807) is 7.11 Å². The van der Waals surface area contributed by atoms with E-state index < -0.39 is 0 Å². The first kappa shape index (κ1) is 14.6. The van der Waals surface area contributed by atoms with Crippen LogP contribution in [0.2, 0.25) is 0 Å². The Morgan fingerprint density at radius 1 is 1.25 bits per heavy atom. The molecule has 0 saturated heterocycles. The number of aromatic nitrogens is 2. The van der Waals surface area contributed by atoms with E-state index in [9.17, 15) is 0 Å². The molecule has 0 radical (unpaired) electrons. The fourth-order valence-electron chi connectivity index (χ4n) is 2.13. The zero-order valence-electron chi connectivity index (χ0n) is 12.1. The van der Waals surface area contributed by atoms with E-state index in [2.05, 4.69) is 35.3 Å². The minimum Gasteiger partial charge on any atom is -0.497 e. The van der Waals surface area contributed by atoms with Crippen molar-refractivity contribution in [2.45, 2.75) is 19.6 Å². The molecular formula is C15H22N4O. The Labute approximate surface area is 120 Å². The first-order valence-electron chi connectivity index (χ1n) is 6.73. The number of nitrogens with two attached hydrogens (primary N) is 1. The van der Waals surface area contributed by atoms with Gasteiger partial charge in [0.25, 0.3) is 0 Å². The maximum Gasteiger partial charge on any atom is 0.118 e. The van der Waals surface area contributed by atoms with Gasteiger partial charge in [-0.05, 0) is 24.7 Å². The first-order valence-corrected chi connectivity index (χ1v) is 6.73. The summed E-state index contributed by atoms with van der Waals surface area (Å²) < 4.78 is 7.18. The minimum atomic E-state index is 0.636. The van der Waals surface area contributed by atoms with E-state index in [1.165, 1.54) is 5.56 Å². The highest BCUT2D eigenvalue weighted by Crippen LogP contribution is 2.13. The summed E-state index contributed by atoms with van der Waals surface area (Å²) in [6.45, 7) is 3.16. The van der Waals surface area contributed by atoms with Crippen LogP contribution in [0.25, 0.3) is 0 Å². The SMILES string of the molecule is COc1ccc(CN(C)Cc2cn(CCN)cn2)cc1. The van der Waals surface area contributed by atoms with Crippen LogP contribution in [0.3, 0.4) is 0 Å². The molecule has 1 aromatic heterocycles. The summed E-state index contributed by atoms with van der Waals surface area (Å²) in [5.41, 5.74) is 7.85. The predicted molar refractivity (Wildman–Crippen MR) is 79.4 cm³/mol. The van der Waals surface area contributed by atoms with Crippen molar-refractivity contribution >= 4 is 0 Å². The topological polar surface area (TPSA) is 56.3 Å². The van der Waals surface area contributed by atoms with Gasteiger partial charge in [-0.2, -0.15) is 0 Å². The predicted octanol–water partition coefficient (Wildman–Crippen LogP) is 1.48. The Morgan fingerprint density at radius 2 is 2.00 bits per heavy atom. The van der Waals surface area contributed by atoms with E-state index in [0.717, 1.165) is 31.1 Å². The van der Waals surface area contributed by atoms with Gasteiger partial charge in [-0.1, -0.05) is 12.1 Å². The zero-order valence-corrected chi connectivity index (χ0v) is 12.1. The number of imidazole rings is 1. The number of hydrogen-bond acceptors (Lipinski definition) is 4. The summed E-state index contributed by atoms with van der Waals surface area (Å²) in [7, 11) is 3.77. The molecule has 1 heterocycles. The molecule has 0 atom stereocenters. The Morgan fingerprint density at radius 3 is 2.65 bits per heavy atom.